The molecule has 8 heteroatoms. The molecular weight excluding hydrogens is 390 g/mol. The van der Waals surface area contributed by atoms with Crippen molar-refractivity contribution in [2.75, 3.05) is 36.9 Å². The average Bonchev–Trinajstić information content (AvgIpc) is 2.76. The number of halogens is 1. The Kier molecular flexibility index (Phi) is 6.59. The Morgan fingerprint density at radius 3 is 2.86 bits per heavy atom. The fraction of sp³-hybridized carbons (Fsp3) is 0.476. The lowest BCUT2D eigenvalue weighted by atomic mass is 9.99. The molecule has 0 bridgehead atoms. The summed E-state index contributed by atoms with van der Waals surface area (Å²) in [6.45, 7) is 3.21. The molecular formula is C21H26ClN5O2. The van der Waals surface area contributed by atoms with Gasteiger partial charge >= 0.3 is 0 Å². The van der Waals surface area contributed by atoms with Crippen LogP contribution in [0.2, 0.25) is 5.02 Å². The highest BCUT2D eigenvalue weighted by atomic mass is 35.5. The first kappa shape index (κ1) is 20.1. The summed E-state index contributed by atoms with van der Waals surface area (Å²) in [5.74, 6) is 1.25. The maximum Gasteiger partial charge on any atom is 0.229 e. The smallest absolute Gasteiger partial charge is 0.229 e. The van der Waals surface area contributed by atoms with Crippen molar-refractivity contribution >= 4 is 29.1 Å². The predicted molar refractivity (Wildman–Crippen MR) is 114 cm³/mol. The summed E-state index contributed by atoms with van der Waals surface area (Å²) in [5.41, 5.74) is 1.48. The van der Waals surface area contributed by atoms with Gasteiger partial charge in [-0.15, -0.1) is 0 Å². The van der Waals surface area contributed by atoms with E-state index in [0.29, 0.717) is 23.4 Å². The van der Waals surface area contributed by atoms with Crippen molar-refractivity contribution < 1.29 is 9.53 Å². The van der Waals surface area contributed by atoms with Crippen LogP contribution in [-0.4, -0.2) is 48.2 Å². The molecule has 2 aliphatic heterocycles. The maximum atomic E-state index is 12.5. The van der Waals surface area contributed by atoms with Crippen molar-refractivity contribution in [3.05, 3.63) is 35.5 Å². The largest absolute Gasteiger partial charge is 0.381 e. The topological polar surface area (TPSA) is 88.2 Å². The van der Waals surface area contributed by atoms with E-state index < -0.39 is 0 Å². The van der Waals surface area contributed by atoms with Crippen LogP contribution in [0.1, 0.15) is 25.7 Å². The highest BCUT2D eigenvalue weighted by Gasteiger charge is 2.21. The van der Waals surface area contributed by atoms with Crippen LogP contribution >= 0.6 is 11.6 Å². The molecule has 3 N–H and O–H groups in total. The molecule has 0 saturated carbocycles. The van der Waals surface area contributed by atoms with Gasteiger partial charge in [0.05, 0.1) is 16.6 Å². The molecule has 2 aromatic heterocycles. The summed E-state index contributed by atoms with van der Waals surface area (Å²) >= 11 is 6.40. The van der Waals surface area contributed by atoms with Gasteiger partial charge in [-0.3, -0.25) is 4.79 Å². The van der Waals surface area contributed by atoms with Gasteiger partial charge in [-0.05, 0) is 50.4 Å². The molecule has 154 valence electrons. The van der Waals surface area contributed by atoms with E-state index in [1.165, 1.54) is 0 Å². The zero-order chi connectivity index (χ0) is 20.1. The highest BCUT2D eigenvalue weighted by molar-refractivity contribution is 6.33. The first-order chi connectivity index (χ1) is 14.2. The number of piperidine rings is 1. The molecule has 1 atom stereocenters. The number of anilines is 2. The minimum absolute atomic E-state index is 0.0131. The lowest BCUT2D eigenvalue weighted by Gasteiger charge is -2.23. The van der Waals surface area contributed by atoms with Gasteiger partial charge in [-0.2, -0.15) is 0 Å². The fourth-order valence-electron chi connectivity index (χ4n) is 3.72. The maximum absolute atomic E-state index is 12.5. The Bertz CT molecular complexity index is 851. The lowest BCUT2D eigenvalue weighted by Crippen LogP contribution is -2.37. The summed E-state index contributed by atoms with van der Waals surface area (Å²) in [6.07, 6.45) is 5.39. The molecule has 1 amide bonds. The average molecular weight is 416 g/mol. The van der Waals surface area contributed by atoms with Gasteiger partial charge < -0.3 is 20.7 Å². The third kappa shape index (κ3) is 5.23. The summed E-state index contributed by atoms with van der Waals surface area (Å²) in [5, 5.41) is 10.2. The van der Waals surface area contributed by atoms with Gasteiger partial charge in [0.25, 0.3) is 0 Å². The van der Waals surface area contributed by atoms with Crippen LogP contribution in [-0.2, 0) is 9.53 Å². The van der Waals surface area contributed by atoms with Crippen molar-refractivity contribution in [3.63, 3.8) is 0 Å². The quantitative estimate of drug-likeness (QED) is 0.694. The SMILES string of the molecule is O=C(Nc1cc(-c2cccc(NC3CCOCC3)n2)c(Cl)cn1)[C@@H]1CCCNC1. The molecule has 2 aliphatic rings. The van der Waals surface area contributed by atoms with Gasteiger partial charge in [0.15, 0.2) is 0 Å². The normalized spacial score (nSPS) is 20.2. The number of nitrogens with one attached hydrogen (secondary N) is 3. The number of ether oxygens (including phenoxy) is 1. The van der Waals surface area contributed by atoms with Crippen molar-refractivity contribution in [1.29, 1.82) is 0 Å². The van der Waals surface area contributed by atoms with Crippen molar-refractivity contribution in [3.8, 4) is 11.3 Å². The molecule has 4 rings (SSSR count). The minimum atomic E-state index is -0.0326. The second-order valence-electron chi connectivity index (χ2n) is 7.52. The van der Waals surface area contributed by atoms with Gasteiger partial charge in [0.1, 0.15) is 11.6 Å². The third-order valence-electron chi connectivity index (χ3n) is 5.37. The Labute approximate surface area is 175 Å². The number of carbonyl (C=O) groups excluding carboxylic acids is 1. The molecule has 4 heterocycles. The molecule has 0 aromatic carbocycles. The van der Waals surface area contributed by atoms with Crippen LogP contribution in [0.4, 0.5) is 11.6 Å². The zero-order valence-electron chi connectivity index (χ0n) is 16.3. The van der Waals surface area contributed by atoms with E-state index in [9.17, 15) is 4.79 Å². The Morgan fingerprint density at radius 1 is 1.21 bits per heavy atom. The number of rotatable bonds is 5. The first-order valence-corrected chi connectivity index (χ1v) is 10.6. The number of hydrogen-bond acceptors (Lipinski definition) is 6. The monoisotopic (exact) mass is 415 g/mol. The minimum Gasteiger partial charge on any atom is -0.381 e. The molecule has 2 fully saturated rings. The molecule has 0 unspecified atom stereocenters. The lowest BCUT2D eigenvalue weighted by molar-refractivity contribution is -0.120. The Balaban J connectivity index is 1.49. The van der Waals surface area contributed by atoms with Crippen molar-refractivity contribution in [2.45, 2.75) is 31.7 Å². The molecule has 0 aliphatic carbocycles. The summed E-state index contributed by atoms with van der Waals surface area (Å²) in [7, 11) is 0. The zero-order valence-corrected chi connectivity index (χ0v) is 17.0. The van der Waals surface area contributed by atoms with Crippen LogP contribution in [0.3, 0.4) is 0 Å². The molecule has 2 aromatic rings. The van der Waals surface area contributed by atoms with Gasteiger partial charge in [-0.25, -0.2) is 9.97 Å². The number of pyridine rings is 2. The predicted octanol–water partition coefficient (Wildman–Crippen LogP) is 3.33. The van der Waals surface area contributed by atoms with Crippen LogP contribution in [0.5, 0.6) is 0 Å². The second kappa shape index (κ2) is 9.52. The van der Waals surface area contributed by atoms with Crippen molar-refractivity contribution in [2.24, 2.45) is 5.92 Å². The summed E-state index contributed by atoms with van der Waals surface area (Å²) in [6, 6.07) is 7.96. The number of hydrogen-bond donors (Lipinski definition) is 3. The van der Waals surface area contributed by atoms with Gasteiger partial charge in [0, 0.05) is 37.6 Å². The highest BCUT2D eigenvalue weighted by Crippen LogP contribution is 2.29. The van der Waals surface area contributed by atoms with E-state index in [4.69, 9.17) is 21.3 Å². The van der Waals surface area contributed by atoms with Crippen LogP contribution in [0.25, 0.3) is 11.3 Å². The van der Waals surface area contributed by atoms with E-state index in [1.807, 2.05) is 18.2 Å². The second-order valence-corrected chi connectivity index (χ2v) is 7.93. The molecule has 0 spiro atoms. The molecule has 29 heavy (non-hydrogen) atoms. The molecule has 2 saturated heterocycles. The van der Waals surface area contributed by atoms with E-state index in [-0.39, 0.29) is 11.8 Å². The molecule has 0 radical (unpaired) electrons. The number of aromatic nitrogens is 2. The van der Waals surface area contributed by atoms with E-state index >= 15 is 0 Å². The van der Waals surface area contributed by atoms with Gasteiger partial charge in [0.2, 0.25) is 5.91 Å². The Morgan fingerprint density at radius 2 is 2.07 bits per heavy atom. The van der Waals surface area contributed by atoms with E-state index in [2.05, 4.69) is 20.9 Å². The third-order valence-corrected chi connectivity index (χ3v) is 5.67. The van der Waals surface area contributed by atoms with E-state index in [0.717, 1.165) is 62.5 Å². The number of amides is 1. The standard InChI is InChI=1S/C21H26ClN5O2/c22-17-13-24-20(27-21(28)14-3-2-8-23-12-14)11-16(17)18-4-1-5-19(26-18)25-15-6-9-29-10-7-15/h1,4-5,11,13-15,23H,2-3,6-10,12H2,(H,25,26)(H,24,27,28)/t14-/m1/s1. The van der Waals surface area contributed by atoms with Crippen LogP contribution < -0.4 is 16.0 Å². The fourth-order valence-corrected chi connectivity index (χ4v) is 3.92. The summed E-state index contributed by atoms with van der Waals surface area (Å²) in [4.78, 5) is 21.5. The first-order valence-electron chi connectivity index (χ1n) is 10.2. The van der Waals surface area contributed by atoms with Crippen LogP contribution in [0.15, 0.2) is 30.5 Å². The summed E-state index contributed by atoms with van der Waals surface area (Å²) < 4.78 is 5.41. The van der Waals surface area contributed by atoms with E-state index in [1.54, 1.807) is 12.3 Å². The number of nitrogens with zero attached hydrogens (tertiary/aromatic N) is 2. The van der Waals surface area contributed by atoms with Crippen molar-refractivity contribution in [1.82, 2.24) is 15.3 Å². The molecule has 7 nitrogen and oxygen atoms in total. The van der Waals surface area contributed by atoms with Crippen LogP contribution in [0, 0.1) is 5.92 Å². The van der Waals surface area contributed by atoms with Gasteiger partial charge in [-0.1, -0.05) is 17.7 Å². The Hall–Kier alpha value is -2.22. The number of carbonyl (C=O) groups is 1.